The second-order valence-electron chi connectivity index (χ2n) is 4.87. The van der Waals surface area contributed by atoms with Gasteiger partial charge < -0.3 is 21.7 Å². The number of nitrogens with two attached hydrogens (primary N) is 2. The maximum atomic E-state index is 12.1. The van der Waals surface area contributed by atoms with Crippen molar-refractivity contribution in [1.82, 2.24) is 10.2 Å². The average molecular weight is 254 g/mol. The third kappa shape index (κ3) is 2.31. The van der Waals surface area contributed by atoms with Gasteiger partial charge >= 0.3 is 0 Å². The highest BCUT2D eigenvalue weighted by atomic mass is 16.2. The molecule has 2 fully saturated rings. The average Bonchev–Trinajstić information content (AvgIpc) is 2.69. The van der Waals surface area contributed by atoms with Crippen molar-refractivity contribution < 1.29 is 14.4 Å². The summed E-state index contributed by atoms with van der Waals surface area (Å²) in [6.45, 7) is 1.06. The summed E-state index contributed by atoms with van der Waals surface area (Å²) < 4.78 is 0. The molecule has 2 saturated heterocycles. The number of likely N-dealkylation sites (tertiary alicyclic amines) is 1. The highest BCUT2D eigenvalue weighted by Crippen LogP contribution is 2.27. The molecule has 2 aliphatic heterocycles. The van der Waals surface area contributed by atoms with Crippen LogP contribution in [-0.2, 0) is 14.4 Å². The van der Waals surface area contributed by atoms with E-state index in [0.29, 0.717) is 13.1 Å². The fraction of sp³-hybridized carbons (Fsp3) is 0.727. The number of carbonyl (C=O) groups is 3. The molecule has 5 N–H and O–H groups in total. The third-order valence-electron chi connectivity index (χ3n) is 3.62. The highest BCUT2D eigenvalue weighted by Gasteiger charge is 2.43. The molecular weight excluding hydrogens is 236 g/mol. The zero-order valence-electron chi connectivity index (χ0n) is 10.1. The van der Waals surface area contributed by atoms with E-state index in [1.165, 1.54) is 0 Å². The molecule has 2 rings (SSSR count). The van der Waals surface area contributed by atoms with E-state index in [-0.39, 0.29) is 30.2 Å². The Morgan fingerprint density at radius 1 is 1.50 bits per heavy atom. The minimum Gasteiger partial charge on any atom is -0.370 e. The van der Waals surface area contributed by atoms with E-state index >= 15 is 0 Å². The summed E-state index contributed by atoms with van der Waals surface area (Å²) in [4.78, 5) is 36.1. The summed E-state index contributed by atoms with van der Waals surface area (Å²) in [5.41, 5.74) is 10.7. The number of fused-ring (bicyclic) bond motifs is 1. The van der Waals surface area contributed by atoms with Crippen LogP contribution in [0.5, 0.6) is 0 Å². The maximum absolute atomic E-state index is 12.1. The van der Waals surface area contributed by atoms with E-state index < -0.39 is 11.9 Å². The molecule has 0 aliphatic carbocycles. The molecule has 2 heterocycles. The Labute approximate surface area is 105 Å². The van der Waals surface area contributed by atoms with Gasteiger partial charge in [0, 0.05) is 13.1 Å². The summed E-state index contributed by atoms with van der Waals surface area (Å²) in [7, 11) is 0. The fourth-order valence-electron chi connectivity index (χ4n) is 2.74. The Hall–Kier alpha value is -1.63. The monoisotopic (exact) mass is 254 g/mol. The highest BCUT2D eigenvalue weighted by molar-refractivity contribution is 5.89. The summed E-state index contributed by atoms with van der Waals surface area (Å²) in [5, 5.41) is 2.76. The molecule has 7 heteroatoms. The van der Waals surface area contributed by atoms with Crippen LogP contribution >= 0.6 is 0 Å². The number of nitrogens with zero attached hydrogens (tertiary/aromatic N) is 1. The molecule has 3 amide bonds. The number of rotatable bonds is 3. The van der Waals surface area contributed by atoms with E-state index in [1.54, 1.807) is 4.90 Å². The first-order chi connectivity index (χ1) is 8.50. The molecule has 7 nitrogen and oxygen atoms in total. The molecule has 100 valence electrons. The Kier molecular flexibility index (Phi) is 3.51. The number of primary amides is 1. The van der Waals surface area contributed by atoms with Gasteiger partial charge in [0.05, 0.1) is 24.4 Å². The minimum atomic E-state index is -0.906. The van der Waals surface area contributed by atoms with Crippen molar-refractivity contribution in [3.05, 3.63) is 0 Å². The van der Waals surface area contributed by atoms with Gasteiger partial charge in [-0.2, -0.15) is 0 Å². The Balaban J connectivity index is 2.05. The Bertz CT molecular complexity index is 384. The molecule has 0 bridgehead atoms. The molecule has 0 aromatic heterocycles. The minimum absolute atomic E-state index is 0.000901. The number of nitrogens with one attached hydrogen (secondary N) is 1. The Morgan fingerprint density at radius 3 is 2.89 bits per heavy atom. The van der Waals surface area contributed by atoms with Crippen molar-refractivity contribution >= 4 is 17.7 Å². The molecular formula is C11H18N4O3. The molecule has 0 aromatic carbocycles. The van der Waals surface area contributed by atoms with Gasteiger partial charge in [0.15, 0.2) is 0 Å². The number of piperidine rings is 1. The van der Waals surface area contributed by atoms with Crippen molar-refractivity contribution in [2.45, 2.75) is 31.3 Å². The topological polar surface area (TPSA) is 119 Å². The second kappa shape index (κ2) is 4.93. The van der Waals surface area contributed by atoms with Crippen LogP contribution in [0.2, 0.25) is 0 Å². The summed E-state index contributed by atoms with van der Waals surface area (Å²) in [6, 6.07) is -1.03. The largest absolute Gasteiger partial charge is 0.370 e. The normalized spacial score (nSPS) is 28.5. The predicted octanol–water partition coefficient (Wildman–Crippen LogP) is -2.07. The number of carbonyl (C=O) groups excluding carboxylic acids is 3. The SMILES string of the molecule is NC(=O)CC(N)C(=O)N1CCCC2C(=O)NCC21. The van der Waals surface area contributed by atoms with Gasteiger partial charge in [-0.3, -0.25) is 14.4 Å². The zero-order chi connectivity index (χ0) is 13.3. The van der Waals surface area contributed by atoms with Crippen molar-refractivity contribution in [2.75, 3.05) is 13.1 Å². The van der Waals surface area contributed by atoms with E-state index in [1.807, 2.05) is 0 Å². The maximum Gasteiger partial charge on any atom is 0.240 e. The molecule has 2 aliphatic rings. The lowest BCUT2D eigenvalue weighted by Crippen LogP contribution is -2.54. The van der Waals surface area contributed by atoms with Gasteiger partial charge in [-0.1, -0.05) is 0 Å². The first-order valence-corrected chi connectivity index (χ1v) is 6.12. The Morgan fingerprint density at radius 2 is 2.22 bits per heavy atom. The lowest BCUT2D eigenvalue weighted by atomic mass is 9.91. The quantitative estimate of drug-likeness (QED) is 0.536. The van der Waals surface area contributed by atoms with Gasteiger partial charge in [0.1, 0.15) is 0 Å². The van der Waals surface area contributed by atoms with Crippen LogP contribution in [0.25, 0.3) is 0 Å². The van der Waals surface area contributed by atoms with E-state index in [9.17, 15) is 14.4 Å². The van der Waals surface area contributed by atoms with Crippen molar-refractivity contribution in [2.24, 2.45) is 17.4 Å². The van der Waals surface area contributed by atoms with E-state index in [4.69, 9.17) is 11.5 Å². The standard InChI is InChI=1S/C11H18N4O3/c12-7(4-9(13)16)11(18)15-3-1-2-6-8(15)5-14-10(6)17/h6-8H,1-5,12H2,(H2,13,16)(H,14,17). The van der Waals surface area contributed by atoms with Gasteiger partial charge in [-0.25, -0.2) is 0 Å². The molecule has 0 spiro atoms. The lowest BCUT2D eigenvalue weighted by Gasteiger charge is -2.37. The molecule has 3 atom stereocenters. The number of hydrogen-bond donors (Lipinski definition) is 3. The van der Waals surface area contributed by atoms with Crippen LogP contribution in [0, 0.1) is 5.92 Å². The first-order valence-electron chi connectivity index (χ1n) is 6.12. The van der Waals surface area contributed by atoms with Gasteiger partial charge in [-0.05, 0) is 12.8 Å². The summed E-state index contributed by atoms with van der Waals surface area (Å²) >= 11 is 0. The van der Waals surface area contributed by atoms with E-state index in [0.717, 1.165) is 12.8 Å². The van der Waals surface area contributed by atoms with Crippen LogP contribution in [0.15, 0.2) is 0 Å². The van der Waals surface area contributed by atoms with Gasteiger partial charge in [0.2, 0.25) is 17.7 Å². The van der Waals surface area contributed by atoms with Crippen molar-refractivity contribution in [3.8, 4) is 0 Å². The van der Waals surface area contributed by atoms with Crippen LogP contribution in [0.4, 0.5) is 0 Å². The molecule has 0 aromatic rings. The summed E-state index contributed by atoms with van der Waals surface area (Å²) in [6.07, 6.45) is 1.42. The predicted molar refractivity (Wildman–Crippen MR) is 63.0 cm³/mol. The zero-order valence-corrected chi connectivity index (χ0v) is 10.1. The van der Waals surface area contributed by atoms with Crippen LogP contribution in [0.3, 0.4) is 0 Å². The summed E-state index contributed by atoms with van der Waals surface area (Å²) in [5.74, 6) is -1.02. The fourth-order valence-corrected chi connectivity index (χ4v) is 2.74. The first kappa shape index (κ1) is 12.8. The molecule has 0 saturated carbocycles. The van der Waals surface area contributed by atoms with Crippen LogP contribution in [0.1, 0.15) is 19.3 Å². The number of hydrogen-bond acceptors (Lipinski definition) is 4. The van der Waals surface area contributed by atoms with Crippen molar-refractivity contribution in [1.29, 1.82) is 0 Å². The molecule has 18 heavy (non-hydrogen) atoms. The van der Waals surface area contributed by atoms with Gasteiger partial charge in [0.25, 0.3) is 0 Å². The van der Waals surface area contributed by atoms with Crippen LogP contribution < -0.4 is 16.8 Å². The molecule has 0 radical (unpaired) electrons. The smallest absolute Gasteiger partial charge is 0.240 e. The second-order valence-corrected chi connectivity index (χ2v) is 4.87. The number of amides is 3. The van der Waals surface area contributed by atoms with E-state index in [2.05, 4.69) is 5.32 Å². The lowest BCUT2D eigenvalue weighted by molar-refractivity contribution is -0.139. The van der Waals surface area contributed by atoms with Crippen molar-refractivity contribution in [3.63, 3.8) is 0 Å². The molecule has 3 unspecified atom stereocenters. The van der Waals surface area contributed by atoms with Crippen LogP contribution in [-0.4, -0.2) is 47.8 Å². The third-order valence-corrected chi connectivity index (χ3v) is 3.62. The van der Waals surface area contributed by atoms with Gasteiger partial charge in [-0.15, -0.1) is 0 Å².